The molecule has 0 atom stereocenters. The SMILES string of the molecule is Cc1cc(N(CCO)CCO)ccc1N.N#Cc1cc([N+](=O)[O-])ccc1N. The normalized spacial score (nSPS) is 9.70. The molecule has 2 aromatic rings. The minimum Gasteiger partial charge on any atom is -0.399 e. The molecule has 27 heavy (non-hydrogen) atoms. The van der Waals surface area contributed by atoms with Crippen molar-refractivity contribution in [1.29, 1.82) is 5.26 Å². The number of aliphatic hydroxyl groups is 2. The third kappa shape index (κ3) is 6.47. The highest BCUT2D eigenvalue weighted by atomic mass is 16.6. The lowest BCUT2D eigenvalue weighted by atomic mass is 10.1. The van der Waals surface area contributed by atoms with Gasteiger partial charge >= 0.3 is 0 Å². The Kier molecular flexibility index (Phi) is 8.51. The van der Waals surface area contributed by atoms with E-state index in [4.69, 9.17) is 26.9 Å². The minimum absolute atomic E-state index is 0.0728. The van der Waals surface area contributed by atoms with Crippen LogP contribution in [0, 0.1) is 28.4 Å². The van der Waals surface area contributed by atoms with Gasteiger partial charge in [-0.05, 0) is 36.8 Å². The molecule has 0 aliphatic carbocycles. The Morgan fingerprint density at radius 2 is 1.70 bits per heavy atom. The van der Waals surface area contributed by atoms with Crippen molar-refractivity contribution in [3.8, 4) is 6.07 Å². The van der Waals surface area contributed by atoms with E-state index >= 15 is 0 Å². The zero-order valence-electron chi connectivity index (χ0n) is 15.0. The molecule has 0 fully saturated rings. The summed E-state index contributed by atoms with van der Waals surface area (Å²) in [5, 5.41) is 36.5. The number of hydrogen-bond donors (Lipinski definition) is 4. The summed E-state index contributed by atoms with van der Waals surface area (Å²) in [5.41, 5.74) is 14.1. The molecule has 0 aliphatic rings. The molecule has 0 spiro atoms. The van der Waals surface area contributed by atoms with Gasteiger partial charge in [0.15, 0.2) is 0 Å². The van der Waals surface area contributed by atoms with Crippen LogP contribution in [-0.4, -0.2) is 41.4 Å². The maximum Gasteiger partial charge on any atom is 0.270 e. The Morgan fingerprint density at radius 3 is 2.19 bits per heavy atom. The predicted octanol–water partition coefficient (Wildman–Crippen LogP) is 1.42. The monoisotopic (exact) mass is 373 g/mol. The summed E-state index contributed by atoms with van der Waals surface area (Å²) < 4.78 is 0. The van der Waals surface area contributed by atoms with Crippen LogP contribution in [0.2, 0.25) is 0 Å². The molecule has 2 rings (SSSR count). The number of non-ortho nitro benzene ring substituents is 1. The van der Waals surface area contributed by atoms with E-state index in [0.29, 0.717) is 13.1 Å². The van der Waals surface area contributed by atoms with Gasteiger partial charge in [0, 0.05) is 42.3 Å². The van der Waals surface area contributed by atoms with Crippen LogP contribution in [0.4, 0.5) is 22.7 Å². The number of benzene rings is 2. The zero-order valence-corrected chi connectivity index (χ0v) is 15.0. The van der Waals surface area contributed by atoms with E-state index in [2.05, 4.69) is 0 Å². The maximum atomic E-state index is 10.2. The highest BCUT2D eigenvalue weighted by Gasteiger charge is 2.08. The average Bonchev–Trinajstić information content (AvgIpc) is 2.64. The van der Waals surface area contributed by atoms with Crippen LogP contribution >= 0.6 is 0 Å². The van der Waals surface area contributed by atoms with Crippen LogP contribution in [0.15, 0.2) is 36.4 Å². The fourth-order valence-electron chi connectivity index (χ4n) is 2.22. The Labute approximate surface area is 157 Å². The average molecular weight is 373 g/mol. The molecule has 9 nitrogen and oxygen atoms in total. The molecule has 0 saturated carbocycles. The topological polar surface area (TPSA) is 163 Å². The molecule has 9 heteroatoms. The zero-order chi connectivity index (χ0) is 20.4. The second-order valence-electron chi connectivity index (χ2n) is 5.62. The van der Waals surface area contributed by atoms with Gasteiger partial charge in [-0.2, -0.15) is 5.26 Å². The molecule has 0 radical (unpaired) electrons. The maximum absolute atomic E-state index is 10.2. The van der Waals surface area contributed by atoms with Crippen LogP contribution in [0.5, 0.6) is 0 Å². The lowest BCUT2D eigenvalue weighted by Crippen LogP contribution is -2.29. The fourth-order valence-corrected chi connectivity index (χ4v) is 2.22. The number of aryl methyl sites for hydroxylation is 1. The van der Waals surface area contributed by atoms with Gasteiger partial charge in [-0.1, -0.05) is 0 Å². The van der Waals surface area contributed by atoms with E-state index in [9.17, 15) is 10.1 Å². The van der Waals surface area contributed by atoms with Crippen molar-refractivity contribution >= 4 is 22.7 Å². The summed E-state index contributed by atoms with van der Waals surface area (Å²) in [7, 11) is 0. The van der Waals surface area contributed by atoms with Gasteiger partial charge in [0.2, 0.25) is 0 Å². The van der Waals surface area contributed by atoms with E-state index in [-0.39, 0.29) is 30.2 Å². The van der Waals surface area contributed by atoms with Gasteiger partial charge < -0.3 is 26.6 Å². The summed E-state index contributed by atoms with van der Waals surface area (Å²) in [6, 6.07) is 11.2. The van der Waals surface area contributed by atoms with Crippen molar-refractivity contribution in [3.63, 3.8) is 0 Å². The first kappa shape index (κ1) is 21.7. The Hall–Kier alpha value is -3.35. The van der Waals surface area contributed by atoms with Crippen molar-refractivity contribution in [3.05, 3.63) is 57.6 Å². The molecule has 0 heterocycles. The summed E-state index contributed by atoms with van der Waals surface area (Å²) in [4.78, 5) is 11.6. The third-order valence-corrected chi connectivity index (χ3v) is 3.73. The fraction of sp³-hybridized carbons (Fsp3) is 0.278. The highest BCUT2D eigenvalue weighted by molar-refractivity contribution is 5.59. The van der Waals surface area contributed by atoms with Gasteiger partial charge in [0.25, 0.3) is 5.69 Å². The standard InChI is InChI=1S/C11H18N2O2.C7H5N3O2/c1-9-8-10(2-3-11(9)12)13(4-6-14)5-7-15;8-4-5-3-6(10(11)12)1-2-7(5)9/h2-3,8,14-15H,4-7,12H2,1H3;1-3H,9H2. The first-order chi connectivity index (χ1) is 12.8. The van der Waals surface area contributed by atoms with E-state index in [1.165, 1.54) is 12.1 Å². The molecule has 0 bridgehead atoms. The number of nitrogens with two attached hydrogens (primary N) is 2. The number of nitriles is 1. The molecule has 0 amide bonds. The number of nitro groups is 1. The summed E-state index contributed by atoms with van der Waals surface area (Å²) in [6.45, 7) is 3.12. The van der Waals surface area contributed by atoms with Crippen LogP contribution < -0.4 is 16.4 Å². The second-order valence-corrected chi connectivity index (χ2v) is 5.62. The van der Waals surface area contributed by atoms with Crippen molar-refractivity contribution in [2.75, 3.05) is 42.7 Å². The van der Waals surface area contributed by atoms with Crippen molar-refractivity contribution < 1.29 is 15.1 Å². The Balaban J connectivity index is 0.000000277. The smallest absolute Gasteiger partial charge is 0.270 e. The van der Waals surface area contributed by atoms with Crippen LogP contribution in [0.25, 0.3) is 0 Å². The largest absolute Gasteiger partial charge is 0.399 e. The summed E-state index contributed by atoms with van der Waals surface area (Å²) in [5.74, 6) is 0. The lowest BCUT2D eigenvalue weighted by molar-refractivity contribution is -0.384. The molecular formula is C18H23N5O4. The number of nitrogens with zero attached hydrogens (tertiary/aromatic N) is 3. The van der Waals surface area contributed by atoms with Crippen molar-refractivity contribution in [1.82, 2.24) is 0 Å². The van der Waals surface area contributed by atoms with Crippen molar-refractivity contribution in [2.24, 2.45) is 0 Å². The molecule has 0 unspecified atom stereocenters. The van der Waals surface area contributed by atoms with Crippen molar-refractivity contribution in [2.45, 2.75) is 6.92 Å². The second kappa shape index (κ2) is 10.6. The molecule has 144 valence electrons. The predicted molar refractivity (Wildman–Crippen MR) is 104 cm³/mol. The highest BCUT2D eigenvalue weighted by Crippen LogP contribution is 2.20. The molecule has 0 aromatic heterocycles. The number of nitro benzene ring substituents is 1. The minimum atomic E-state index is -0.569. The van der Waals surface area contributed by atoms with E-state index < -0.39 is 4.92 Å². The molecular weight excluding hydrogens is 350 g/mol. The molecule has 2 aromatic carbocycles. The Bertz CT molecular complexity index is 814. The van der Waals surface area contributed by atoms with E-state index in [0.717, 1.165) is 23.0 Å². The molecule has 6 N–H and O–H groups in total. The first-order valence-electron chi connectivity index (χ1n) is 8.10. The van der Waals surface area contributed by atoms with E-state index in [1.54, 1.807) is 6.07 Å². The van der Waals surface area contributed by atoms with Crippen LogP contribution in [0.3, 0.4) is 0 Å². The van der Waals surface area contributed by atoms with Gasteiger partial charge in [-0.25, -0.2) is 0 Å². The van der Waals surface area contributed by atoms with Crippen LogP contribution in [0.1, 0.15) is 11.1 Å². The molecule has 0 aliphatic heterocycles. The van der Waals surface area contributed by atoms with Gasteiger partial charge in [0.1, 0.15) is 6.07 Å². The first-order valence-corrected chi connectivity index (χ1v) is 8.10. The Morgan fingerprint density at radius 1 is 1.11 bits per heavy atom. The number of rotatable bonds is 6. The molecule has 0 saturated heterocycles. The third-order valence-electron chi connectivity index (χ3n) is 3.73. The number of nitrogen functional groups attached to an aromatic ring is 2. The van der Waals surface area contributed by atoms with Crippen LogP contribution in [-0.2, 0) is 0 Å². The lowest BCUT2D eigenvalue weighted by Gasteiger charge is -2.23. The van der Waals surface area contributed by atoms with Gasteiger partial charge in [-0.3, -0.25) is 10.1 Å². The van der Waals surface area contributed by atoms with E-state index in [1.807, 2.05) is 30.0 Å². The van der Waals surface area contributed by atoms with Gasteiger partial charge in [-0.15, -0.1) is 0 Å². The number of anilines is 3. The summed E-state index contributed by atoms with van der Waals surface area (Å²) >= 11 is 0. The summed E-state index contributed by atoms with van der Waals surface area (Å²) in [6.07, 6.45) is 0. The quantitative estimate of drug-likeness (QED) is 0.335. The van der Waals surface area contributed by atoms with Gasteiger partial charge in [0.05, 0.1) is 23.7 Å². The number of aliphatic hydroxyl groups excluding tert-OH is 2. The number of hydrogen-bond acceptors (Lipinski definition) is 8.